The minimum absolute atomic E-state index is 0.209. The molecule has 3 rings (SSSR count). The van der Waals surface area contributed by atoms with E-state index < -0.39 is 0 Å². The quantitative estimate of drug-likeness (QED) is 0.718. The summed E-state index contributed by atoms with van der Waals surface area (Å²) < 4.78 is 0. The number of hydrogen-bond acceptors (Lipinski definition) is 4. The van der Waals surface area contributed by atoms with Crippen molar-refractivity contribution in [3.63, 3.8) is 0 Å². The third-order valence-electron chi connectivity index (χ3n) is 3.86. The van der Waals surface area contributed by atoms with Crippen molar-refractivity contribution in [3.05, 3.63) is 83.9 Å². The first-order valence-electron chi connectivity index (χ1n) is 8.24. The molecule has 2 aromatic heterocycles. The lowest BCUT2D eigenvalue weighted by molar-refractivity contribution is 0.102. The molecule has 2 N–H and O–H groups in total. The summed E-state index contributed by atoms with van der Waals surface area (Å²) in [5, 5.41) is 6.19. The summed E-state index contributed by atoms with van der Waals surface area (Å²) in [5.41, 5.74) is 4.26. The van der Waals surface area contributed by atoms with Crippen LogP contribution in [0.4, 0.5) is 11.4 Å². The van der Waals surface area contributed by atoms with Gasteiger partial charge in [-0.15, -0.1) is 0 Å². The predicted octanol–water partition coefficient (Wildman–Crippen LogP) is 3.90. The number of carbonyl (C=O) groups is 1. The molecule has 3 aromatic rings. The Kier molecular flexibility index (Phi) is 5.36. The zero-order valence-electron chi connectivity index (χ0n) is 14.1. The van der Waals surface area contributed by atoms with Gasteiger partial charge in [0.2, 0.25) is 0 Å². The Morgan fingerprint density at radius 3 is 2.64 bits per heavy atom. The van der Waals surface area contributed by atoms with Gasteiger partial charge in [0.1, 0.15) is 5.69 Å². The summed E-state index contributed by atoms with van der Waals surface area (Å²) in [6.07, 6.45) is 6.08. The molecule has 5 nitrogen and oxygen atoms in total. The van der Waals surface area contributed by atoms with Crippen molar-refractivity contribution >= 4 is 17.3 Å². The van der Waals surface area contributed by atoms with Gasteiger partial charge in [-0.25, -0.2) is 4.98 Å². The standard InChI is InChI=1S/C20H20N4O/c1-2-16-7-3-4-8-18(16)24-20(25)19-10-9-17(14-23-19)22-13-15-6-5-11-21-12-15/h3-12,14,22H,2,13H2,1H3,(H,24,25). The SMILES string of the molecule is CCc1ccccc1NC(=O)c1ccc(NCc2cccnc2)cn1. The number of anilines is 2. The number of nitrogens with one attached hydrogen (secondary N) is 2. The molecule has 1 aromatic carbocycles. The maximum atomic E-state index is 12.4. The Bertz CT molecular complexity index is 832. The number of rotatable bonds is 6. The first-order chi connectivity index (χ1) is 12.3. The van der Waals surface area contributed by atoms with Crippen molar-refractivity contribution in [3.8, 4) is 0 Å². The molecular weight excluding hydrogens is 312 g/mol. The highest BCUT2D eigenvalue weighted by Gasteiger charge is 2.09. The Hall–Kier alpha value is -3.21. The van der Waals surface area contributed by atoms with Crippen LogP contribution in [-0.2, 0) is 13.0 Å². The zero-order chi connectivity index (χ0) is 17.5. The molecule has 0 spiro atoms. The smallest absolute Gasteiger partial charge is 0.274 e. The van der Waals surface area contributed by atoms with Crippen LogP contribution >= 0.6 is 0 Å². The fourth-order valence-electron chi connectivity index (χ4n) is 2.48. The van der Waals surface area contributed by atoms with Crippen LogP contribution in [0.3, 0.4) is 0 Å². The van der Waals surface area contributed by atoms with Crippen molar-refractivity contribution in [2.24, 2.45) is 0 Å². The summed E-state index contributed by atoms with van der Waals surface area (Å²) >= 11 is 0. The summed E-state index contributed by atoms with van der Waals surface area (Å²) in [5.74, 6) is -0.209. The average molecular weight is 332 g/mol. The number of pyridine rings is 2. The van der Waals surface area contributed by atoms with Gasteiger partial charge in [-0.3, -0.25) is 9.78 Å². The van der Waals surface area contributed by atoms with Gasteiger partial charge in [0.05, 0.1) is 11.9 Å². The number of carbonyl (C=O) groups excluding carboxylic acids is 1. The maximum Gasteiger partial charge on any atom is 0.274 e. The van der Waals surface area contributed by atoms with Crippen LogP contribution in [0.2, 0.25) is 0 Å². The van der Waals surface area contributed by atoms with E-state index in [4.69, 9.17) is 0 Å². The van der Waals surface area contributed by atoms with Gasteiger partial charge < -0.3 is 10.6 Å². The predicted molar refractivity (Wildman–Crippen MR) is 99.6 cm³/mol. The number of hydrogen-bond donors (Lipinski definition) is 2. The summed E-state index contributed by atoms with van der Waals surface area (Å²) in [6, 6.07) is 15.3. The average Bonchev–Trinajstić information content (AvgIpc) is 2.68. The molecule has 0 unspecified atom stereocenters. The van der Waals surface area contributed by atoms with Crippen LogP contribution in [0, 0.1) is 0 Å². The highest BCUT2D eigenvalue weighted by Crippen LogP contribution is 2.16. The molecule has 0 bridgehead atoms. The molecule has 0 saturated heterocycles. The third-order valence-corrected chi connectivity index (χ3v) is 3.86. The molecule has 0 radical (unpaired) electrons. The molecule has 0 aliphatic carbocycles. The molecule has 5 heteroatoms. The lowest BCUT2D eigenvalue weighted by Gasteiger charge is -2.10. The molecule has 126 valence electrons. The van der Waals surface area contributed by atoms with Crippen LogP contribution in [-0.4, -0.2) is 15.9 Å². The third kappa shape index (κ3) is 4.41. The summed E-state index contributed by atoms with van der Waals surface area (Å²) in [6.45, 7) is 2.72. The highest BCUT2D eigenvalue weighted by atomic mass is 16.1. The van der Waals surface area contributed by atoms with Crippen LogP contribution in [0.25, 0.3) is 0 Å². The summed E-state index contributed by atoms with van der Waals surface area (Å²) in [4.78, 5) is 20.7. The van der Waals surface area contributed by atoms with Gasteiger partial charge in [-0.2, -0.15) is 0 Å². The van der Waals surface area contributed by atoms with E-state index in [1.165, 1.54) is 0 Å². The largest absolute Gasteiger partial charge is 0.380 e. The Morgan fingerprint density at radius 2 is 1.92 bits per heavy atom. The number of benzene rings is 1. The number of nitrogens with zero attached hydrogens (tertiary/aromatic N) is 2. The first-order valence-corrected chi connectivity index (χ1v) is 8.24. The minimum Gasteiger partial charge on any atom is -0.380 e. The van der Waals surface area contributed by atoms with Crippen molar-refractivity contribution in [2.75, 3.05) is 10.6 Å². The van der Waals surface area contributed by atoms with Crippen LogP contribution in [0.1, 0.15) is 28.5 Å². The monoisotopic (exact) mass is 332 g/mol. The Balaban J connectivity index is 1.62. The molecule has 1 amide bonds. The molecular formula is C20H20N4O. The topological polar surface area (TPSA) is 66.9 Å². The maximum absolute atomic E-state index is 12.4. The van der Waals surface area contributed by atoms with E-state index in [0.29, 0.717) is 12.2 Å². The molecule has 0 aliphatic heterocycles. The molecule has 25 heavy (non-hydrogen) atoms. The van der Waals surface area contributed by atoms with Gasteiger partial charge in [-0.05, 0) is 41.8 Å². The first kappa shape index (κ1) is 16.6. The molecule has 0 aliphatic rings. The van der Waals surface area contributed by atoms with Gasteiger partial charge in [0.25, 0.3) is 5.91 Å². The number of amides is 1. The fourth-order valence-corrected chi connectivity index (χ4v) is 2.48. The second-order valence-corrected chi connectivity index (χ2v) is 5.61. The van der Waals surface area contributed by atoms with E-state index in [-0.39, 0.29) is 5.91 Å². The lowest BCUT2D eigenvalue weighted by Crippen LogP contribution is -2.14. The Morgan fingerprint density at radius 1 is 1.04 bits per heavy atom. The number of aryl methyl sites for hydroxylation is 1. The normalized spacial score (nSPS) is 10.3. The number of aromatic nitrogens is 2. The summed E-state index contributed by atoms with van der Waals surface area (Å²) in [7, 11) is 0. The zero-order valence-corrected chi connectivity index (χ0v) is 14.1. The van der Waals surface area contributed by atoms with Crippen molar-refractivity contribution in [2.45, 2.75) is 19.9 Å². The van der Waals surface area contributed by atoms with Gasteiger partial charge >= 0.3 is 0 Å². The second kappa shape index (κ2) is 8.06. The molecule has 0 fully saturated rings. The van der Waals surface area contributed by atoms with Gasteiger partial charge in [-0.1, -0.05) is 31.2 Å². The van der Waals surface area contributed by atoms with Crippen LogP contribution in [0.15, 0.2) is 67.1 Å². The highest BCUT2D eigenvalue weighted by molar-refractivity contribution is 6.03. The van der Waals surface area contributed by atoms with Crippen molar-refractivity contribution in [1.29, 1.82) is 0 Å². The van der Waals surface area contributed by atoms with E-state index >= 15 is 0 Å². The van der Waals surface area contributed by atoms with Crippen molar-refractivity contribution < 1.29 is 4.79 Å². The van der Waals surface area contributed by atoms with E-state index in [9.17, 15) is 4.79 Å². The lowest BCUT2D eigenvalue weighted by atomic mass is 10.1. The van der Waals surface area contributed by atoms with E-state index in [0.717, 1.165) is 28.9 Å². The van der Waals surface area contributed by atoms with Crippen LogP contribution < -0.4 is 10.6 Å². The van der Waals surface area contributed by atoms with Gasteiger partial charge in [0.15, 0.2) is 0 Å². The van der Waals surface area contributed by atoms with E-state index in [2.05, 4.69) is 27.5 Å². The Labute approximate surface area is 147 Å². The van der Waals surface area contributed by atoms with Crippen molar-refractivity contribution in [1.82, 2.24) is 9.97 Å². The van der Waals surface area contributed by atoms with E-state index in [1.807, 2.05) is 48.7 Å². The van der Waals surface area contributed by atoms with E-state index in [1.54, 1.807) is 18.5 Å². The number of para-hydroxylation sites is 1. The molecule has 2 heterocycles. The minimum atomic E-state index is -0.209. The van der Waals surface area contributed by atoms with Crippen LogP contribution in [0.5, 0.6) is 0 Å². The van der Waals surface area contributed by atoms with Gasteiger partial charge in [0, 0.05) is 24.6 Å². The fraction of sp³-hybridized carbons (Fsp3) is 0.150. The second-order valence-electron chi connectivity index (χ2n) is 5.61. The molecule has 0 saturated carbocycles. The molecule has 0 atom stereocenters.